The minimum Gasteiger partial charge on any atom is -0.374 e. The van der Waals surface area contributed by atoms with Gasteiger partial charge in [-0.15, -0.1) is 0 Å². The van der Waals surface area contributed by atoms with Crippen molar-refractivity contribution in [3.63, 3.8) is 0 Å². The van der Waals surface area contributed by atoms with Gasteiger partial charge in [-0.2, -0.15) is 0 Å². The number of halogens is 1. The molecule has 1 aromatic carbocycles. The first kappa shape index (κ1) is 16.4. The van der Waals surface area contributed by atoms with Gasteiger partial charge in [-0.05, 0) is 49.7 Å². The molecule has 1 fully saturated rings. The Labute approximate surface area is 127 Å². The standard InChI is InChI=1S/C17H27FN2O/c1-4-19-16(17-12-20(5-2)8-9-21-17)11-14-6-7-15(18)10-13(14)3/h6-7,10,16-17,19H,4-5,8-9,11-12H2,1-3H3. The molecule has 0 amide bonds. The summed E-state index contributed by atoms with van der Waals surface area (Å²) in [6, 6.07) is 5.33. The van der Waals surface area contributed by atoms with E-state index < -0.39 is 0 Å². The average molecular weight is 294 g/mol. The summed E-state index contributed by atoms with van der Waals surface area (Å²) in [6.07, 6.45) is 1.07. The van der Waals surface area contributed by atoms with Crippen LogP contribution in [0.5, 0.6) is 0 Å². The molecule has 4 heteroatoms. The van der Waals surface area contributed by atoms with Crippen LogP contribution in [-0.4, -0.2) is 49.8 Å². The zero-order chi connectivity index (χ0) is 15.2. The molecule has 0 radical (unpaired) electrons. The van der Waals surface area contributed by atoms with E-state index in [0.29, 0.717) is 0 Å². The molecule has 0 aromatic heterocycles. The van der Waals surface area contributed by atoms with E-state index in [9.17, 15) is 4.39 Å². The summed E-state index contributed by atoms with van der Waals surface area (Å²) in [5, 5.41) is 3.54. The number of hydrogen-bond acceptors (Lipinski definition) is 3. The van der Waals surface area contributed by atoms with Crippen molar-refractivity contribution in [3.05, 3.63) is 35.1 Å². The largest absolute Gasteiger partial charge is 0.374 e. The Balaban J connectivity index is 2.07. The van der Waals surface area contributed by atoms with Crippen molar-refractivity contribution in [2.45, 2.75) is 39.3 Å². The maximum atomic E-state index is 13.2. The van der Waals surface area contributed by atoms with Crippen molar-refractivity contribution in [2.75, 3.05) is 32.8 Å². The predicted molar refractivity (Wildman–Crippen MR) is 84.2 cm³/mol. The van der Waals surface area contributed by atoms with Crippen molar-refractivity contribution in [1.29, 1.82) is 0 Å². The summed E-state index contributed by atoms with van der Waals surface area (Å²) in [4.78, 5) is 2.43. The van der Waals surface area contributed by atoms with Gasteiger partial charge in [0, 0.05) is 19.1 Å². The fourth-order valence-corrected chi connectivity index (χ4v) is 2.98. The minimum absolute atomic E-state index is 0.165. The fourth-order valence-electron chi connectivity index (χ4n) is 2.98. The number of benzene rings is 1. The van der Waals surface area contributed by atoms with E-state index in [2.05, 4.69) is 24.1 Å². The normalized spacial score (nSPS) is 21.4. The van der Waals surface area contributed by atoms with Gasteiger partial charge in [-0.1, -0.05) is 19.9 Å². The van der Waals surface area contributed by atoms with Gasteiger partial charge in [0.25, 0.3) is 0 Å². The number of morpholine rings is 1. The van der Waals surface area contributed by atoms with E-state index in [1.807, 2.05) is 13.0 Å². The van der Waals surface area contributed by atoms with E-state index in [4.69, 9.17) is 4.74 Å². The van der Waals surface area contributed by atoms with Crippen LogP contribution >= 0.6 is 0 Å². The fraction of sp³-hybridized carbons (Fsp3) is 0.647. The van der Waals surface area contributed by atoms with Gasteiger partial charge in [-0.25, -0.2) is 4.39 Å². The minimum atomic E-state index is -0.165. The van der Waals surface area contributed by atoms with E-state index in [1.54, 1.807) is 12.1 Å². The third-order valence-corrected chi connectivity index (χ3v) is 4.28. The third-order valence-electron chi connectivity index (χ3n) is 4.28. The lowest BCUT2D eigenvalue weighted by Gasteiger charge is -2.37. The first-order valence-electron chi connectivity index (χ1n) is 7.96. The molecule has 0 spiro atoms. The number of likely N-dealkylation sites (N-methyl/N-ethyl adjacent to an activating group) is 2. The molecule has 1 heterocycles. The van der Waals surface area contributed by atoms with Crippen molar-refractivity contribution < 1.29 is 9.13 Å². The molecule has 1 aliphatic rings. The summed E-state index contributed by atoms with van der Waals surface area (Å²) in [6.45, 7) is 11.0. The van der Waals surface area contributed by atoms with Crippen LogP contribution in [-0.2, 0) is 11.2 Å². The lowest BCUT2D eigenvalue weighted by Crippen LogP contribution is -2.53. The van der Waals surface area contributed by atoms with Crippen LogP contribution in [0.15, 0.2) is 18.2 Å². The van der Waals surface area contributed by atoms with E-state index in [1.165, 1.54) is 5.56 Å². The maximum absolute atomic E-state index is 13.2. The molecule has 1 N–H and O–H groups in total. The third kappa shape index (κ3) is 4.50. The predicted octanol–water partition coefficient (Wildman–Crippen LogP) is 2.38. The smallest absolute Gasteiger partial charge is 0.123 e. The van der Waals surface area contributed by atoms with Gasteiger partial charge in [0.15, 0.2) is 0 Å². The second kappa shape index (κ2) is 7.87. The summed E-state index contributed by atoms with van der Waals surface area (Å²) >= 11 is 0. The molecular formula is C17H27FN2O. The van der Waals surface area contributed by atoms with Gasteiger partial charge in [0.2, 0.25) is 0 Å². The molecule has 2 unspecified atom stereocenters. The number of rotatable bonds is 6. The molecular weight excluding hydrogens is 267 g/mol. The summed E-state index contributed by atoms with van der Waals surface area (Å²) in [7, 11) is 0. The van der Waals surface area contributed by atoms with E-state index in [-0.39, 0.29) is 18.0 Å². The highest BCUT2D eigenvalue weighted by Gasteiger charge is 2.27. The topological polar surface area (TPSA) is 24.5 Å². The summed E-state index contributed by atoms with van der Waals surface area (Å²) < 4.78 is 19.2. The number of nitrogens with one attached hydrogen (secondary N) is 1. The van der Waals surface area contributed by atoms with Crippen LogP contribution in [0.25, 0.3) is 0 Å². The quantitative estimate of drug-likeness (QED) is 0.872. The Morgan fingerprint density at radius 3 is 2.90 bits per heavy atom. The Morgan fingerprint density at radius 2 is 2.24 bits per heavy atom. The number of ether oxygens (including phenoxy) is 1. The Kier molecular flexibility index (Phi) is 6.15. The Hall–Kier alpha value is -0.970. The molecule has 3 nitrogen and oxygen atoms in total. The SMILES string of the molecule is CCNC(Cc1ccc(F)cc1C)C1CN(CC)CCO1. The van der Waals surface area contributed by atoms with Crippen LogP contribution in [0.3, 0.4) is 0 Å². The van der Waals surface area contributed by atoms with Crippen molar-refractivity contribution in [3.8, 4) is 0 Å². The Morgan fingerprint density at radius 1 is 1.43 bits per heavy atom. The molecule has 2 rings (SSSR count). The zero-order valence-electron chi connectivity index (χ0n) is 13.4. The van der Waals surface area contributed by atoms with Gasteiger partial charge in [0.05, 0.1) is 12.7 Å². The van der Waals surface area contributed by atoms with E-state index >= 15 is 0 Å². The first-order chi connectivity index (χ1) is 10.1. The van der Waals surface area contributed by atoms with Crippen molar-refractivity contribution in [1.82, 2.24) is 10.2 Å². The van der Waals surface area contributed by atoms with Crippen molar-refractivity contribution >= 4 is 0 Å². The maximum Gasteiger partial charge on any atom is 0.123 e. The van der Waals surface area contributed by atoms with Gasteiger partial charge in [0.1, 0.15) is 5.82 Å². The molecule has 118 valence electrons. The second-order valence-corrected chi connectivity index (χ2v) is 5.74. The molecule has 21 heavy (non-hydrogen) atoms. The number of hydrogen-bond donors (Lipinski definition) is 1. The summed E-state index contributed by atoms with van der Waals surface area (Å²) in [5.74, 6) is -0.165. The molecule has 1 saturated heterocycles. The average Bonchev–Trinajstić information content (AvgIpc) is 2.49. The monoisotopic (exact) mass is 294 g/mol. The van der Waals surface area contributed by atoms with Gasteiger partial charge in [-0.3, -0.25) is 4.90 Å². The molecule has 0 aliphatic carbocycles. The zero-order valence-corrected chi connectivity index (χ0v) is 13.4. The molecule has 0 bridgehead atoms. The van der Waals surface area contributed by atoms with Crippen molar-refractivity contribution in [2.24, 2.45) is 0 Å². The highest BCUT2D eigenvalue weighted by molar-refractivity contribution is 5.27. The number of aryl methyl sites for hydroxylation is 1. The molecule has 0 saturated carbocycles. The van der Waals surface area contributed by atoms with Gasteiger partial charge < -0.3 is 10.1 Å². The highest BCUT2D eigenvalue weighted by atomic mass is 19.1. The summed E-state index contributed by atoms with van der Waals surface area (Å²) in [5.41, 5.74) is 2.21. The van der Waals surface area contributed by atoms with Crippen LogP contribution < -0.4 is 5.32 Å². The molecule has 1 aromatic rings. The highest BCUT2D eigenvalue weighted by Crippen LogP contribution is 2.17. The van der Waals surface area contributed by atoms with Gasteiger partial charge >= 0.3 is 0 Å². The first-order valence-corrected chi connectivity index (χ1v) is 7.96. The van der Waals surface area contributed by atoms with Crippen LogP contribution in [0.1, 0.15) is 25.0 Å². The van der Waals surface area contributed by atoms with Crippen LogP contribution in [0.2, 0.25) is 0 Å². The second-order valence-electron chi connectivity index (χ2n) is 5.74. The molecule has 2 atom stereocenters. The van der Waals surface area contributed by atoms with Crippen LogP contribution in [0, 0.1) is 12.7 Å². The number of nitrogens with zero attached hydrogens (tertiary/aromatic N) is 1. The lowest BCUT2D eigenvalue weighted by atomic mass is 9.96. The van der Waals surface area contributed by atoms with Crippen LogP contribution in [0.4, 0.5) is 4.39 Å². The lowest BCUT2D eigenvalue weighted by molar-refractivity contribution is -0.0445. The molecule has 1 aliphatic heterocycles. The Bertz CT molecular complexity index is 452. The van der Waals surface area contributed by atoms with E-state index in [0.717, 1.165) is 44.8 Å².